The minimum atomic E-state index is 0.814. The molecule has 0 radical (unpaired) electrons. The van der Waals surface area contributed by atoms with Gasteiger partial charge in [-0.3, -0.25) is 0 Å². The Bertz CT molecular complexity index is 3060. The zero-order valence-electron chi connectivity index (χ0n) is 35.1. The summed E-state index contributed by atoms with van der Waals surface area (Å²) in [4.78, 5) is 0. The van der Waals surface area contributed by atoms with Gasteiger partial charge in [0.2, 0.25) is 0 Å². The number of fused-ring (bicyclic) bond motifs is 4. The Morgan fingerprint density at radius 2 is 0.435 bits per heavy atom. The first kappa shape index (κ1) is 38.4. The van der Waals surface area contributed by atoms with Crippen molar-refractivity contribution >= 4 is 54.2 Å². The van der Waals surface area contributed by atoms with Crippen LogP contribution in [0.1, 0.15) is 22.3 Å². The van der Waals surface area contributed by atoms with E-state index in [-0.39, 0.29) is 0 Å². The van der Waals surface area contributed by atoms with Crippen LogP contribution in [-0.2, 0) is 0 Å². The van der Waals surface area contributed by atoms with Gasteiger partial charge in [0, 0.05) is 0 Å². The molecule has 4 nitrogen and oxygen atoms in total. The van der Waals surface area contributed by atoms with Crippen molar-refractivity contribution in [1.82, 2.24) is 0 Å². The summed E-state index contributed by atoms with van der Waals surface area (Å²) >= 11 is 0. The highest BCUT2D eigenvalue weighted by Crippen LogP contribution is 2.34. The Morgan fingerprint density at radius 1 is 0.242 bits per heavy atom. The van der Waals surface area contributed by atoms with Crippen molar-refractivity contribution in [3.8, 4) is 23.0 Å². The van der Waals surface area contributed by atoms with E-state index in [9.17, 15) is 0 Å². The van der Waals surface area contributed by atoms with E-state index in [1.165, 1.54) is 64.0 Å². The highest BCUT2D eigenvalue weighted by molar-refractivity contribution is 6.08. The summed E-state index contributed by atoms with van der Waals surface area (Å²) in [5.41, 5.74) is 6.66. The summed E-state index contributed by atoms with van der Waals surface area (Å²) < 4.78 is 22.5. The van der Waals surface area contributed by atoms with Gasteiger partial charge in [0.25, 0.3) is 0 Å². The quantitative estimate of drug-likeness (QED) is 0.143. The number of methoxy groups -OCH3 is 4. The average molecular weight is 805 g/mol. The smallest absolute Gasteiger partial charge is 0.118 e. The maximum Gasteiger partial charge on any atom is 0.118 e. The van der Waals surface area contributed by atoms with Crippen LogP contribution in [0, 0.1) is 10.4 Å². The molecule has 0 aliphatic heterocycles. The fourth-order valence-corrected chi connectivity index (χ4v) is 9.28. The van der Waals surface area contributed by atoms with Crippen LogP contribution in [0.2, 0.25) is 0 Å². The molecule has 300 valence electrons. The van der Waals surface area contributed by atoms with Crippen molar-refractivity contribution < 1.29 is 18.9 Å². The summed E-state index contributed by atoms with van der Waals surface area (Å²) in [5, 5.41) is 14.2. The Hall–Kier alpha value is -7.82. The molecule has 0 aliphatic carbocycles. The van der Waals surface area contributed by atoms with E-state index in [0.717, 1.165) is 56.4 Å². The van der Waals surface area contributed by atoms with Crippen LogP contribution in [0.3, 0.4) is 0 Å². The van der Waals surface area contributed by atoms with Gasteiger partial charge in [-0.05, 0) is 146 Å². The standard InChI is InChI=1S/C58H44O4/c1-59-41-29-21-37(22-30-41)53(38-23-31-42(60-2)32-24-38)55-45-13-5-9-17-49(45)57(50-18-10-6-14-46(50)55)58-51-19-11-7-15-47(51)56(48-16-8-12-20-52(48)58)54(39-25-33-43(61-3)34-26-39)40-27-35-44(62-4)36-28-40/h5-36H,1-4H3. The molecule has 0 aliphatic rings. The second-order valence-corrected chi connectivity index (χ2v) is 15.3. The third kappa shape index (κ3) is 6.57. The molecular weight excluding hydrogens is 761 g/mol. The molecule has 0 N–H and O–H groups in total. The lowest BCUT2D eigenvalue weighted by atomic mass is 9.86. The van der Waals surface area contributed by atoms with Gasteiger partial charge in [-0.25, -0.2) is 0 Å². The fraction of sp³-hybridized carbons (Fsp3) is 0.0690. The molecule has 0 fully saturated rings. The lowest BCUT2D eigenvalue weighted by Gasteiger charge is -2.17. The van der Waals surface area contributed by atoms with Crippen LogP contribution in [0.5, 0.6) is 23.0 Å². The van der Waals surface area contributed by atoms with Crippen molar-refractivity contribution in [2.45, 2.75) is 0 Å². The maximum absolute atomic E-state index is 5.62. The topological polar surface area (TPSA) is 36.9 Å². The maximum atomic E-state index is 5.62. The molecule has 0 amide bonds. The molecule has 0 heterocycles. The molecule has 0 aromatic heterocycles. The van der Waals surface area contributed by atoms with Crippen molar-refractivity contribution in [2.24, 2.45) is 0 Å². The van der Waals surface area contributed by atoms with E-state index in [1.807, 2.05) is 48.5 Å². The van der Waals surface area contributed by atoms with Crippen LogP contribution in [0.25, 0.3) is 54.2 Å². The van der Waals surface area contributed by atoms with Gasteiger partial charge < -0.3 is 18.9 Å². The van der Waals surface area contributed by atoms with Crippen LogP contribution < -0.4 is 29.4 Å². The highest BCUT2D eigenvalue weighted by atomic mass is 16.5. The third-order valence-corrected chi connectivity index (χ3v) is 12.1. The lowest BCUT2D eigenvalue weighted by Crippen LogP contribution is -2.14. The van der Waals surface area contributed by atoms with E-state index >= 15 is 0 Å². The fourth-order valence-electron chi connectivity index (χ4n) is 9.28. The number of rotatable bonds is 8. The van der Waals surface area contributed by atoms with Crippen molar-refractivity contribution in [3.63, 3.8) is 0 Å². The number of ether oxygens (including phenoxy) is 4. The van der Waals surface area contributed by atoms with E-state index in [1.54, 1.807) is 28.4 Å². The van der Waals surface area contributed by atoms with Crippen molar-refractivity contribution in [2.75, 3.05) is 28.4 Å². The Morgan fingerprint density at radius 3 is 0.629 bits per heavy atom. The first-order valence-electron chi connectivity index (χ1n) is 20.8. The molecule has 0 spiro atoms. The predicted octanol–water partition coefficient (Wildman–Crippen LogP) is 12.1. The van der Waals surface area contributed by atoms with E-state index < -0.39 is 0 Å². The molecule has 10 aromatic rings. The van der Waals surface area contributed by atoms with Gasteiger partial charge in [-0.1, -0.05) is 146 Å². The summed E-state index contributed by atoms with van der Waals surface area (Å²) in [6.07, 6.45) is 0. The largest absolute Gasteiger partial charge is 0.497 e. The Labute approximate surface area is 360 Å². The third-order valence-electron chi connectivity index (χ3n) is 12.1. The van der Waals surface area contributed by atoms with E-state index in [4.69, 9.17) is 18.9 Å². The molecule has 0 bridgehead atoms. The monoisotopic (exact) mass is 804 g/mol. The minimum absolute atomic E-state index is 0.814. The molecule has 10 aromatic carbocycles. The van der Waals surface area contributed by atoms with Gasteiger partial charge in [0.1, 0.15) is 23.0 Å². The van der Waals surface area contributed by atoms with Crippen LogP contribution in [0.15, 0.2) is 194 Å². The molecular formula is C58H44O4. The Kier molecular flexibility index (Phi) is 10.1. The summed E-state index contributed by atoms with van der Waals surface area (Å²) in [5.74, 6) is 3.26. The lowest BCUT2D eigenvalue weighted by molar-refractivity contribution is 0.414. The second-order valence-electron chi connectivity index (χ2n) is 15.3. The highest BCUT2D eigenvalue weighted by Gasteiger charge is 2.18. The normalized spacial score (nSPS) is 11.2. The Balaban J connectivity index is 1.47. The molecule has 62 heavy (non-hydrogen) atoms. The minimum Gasteiger partial charge on any atom is -0.497 e. The van der Waals surface area contributed by atoms with E-state index in [2.05, 4.69) is 146 Å². The van der Waals surface area contributed by atoms with Crippen LogP contribution >= 0.6 is 0 Å². The first-order valence-corrected chi connectivity index (χ1v) is 20.8. The van der Waals surface area contributed by atoms with Crippen molar-refractivity contribution in [3.05, 3.63) is 237 Å². The van der Waals surface area contributed by atoms with Gasteiger partial charge in [-0.2, -0.15) is 0 Å². The van der Waals surface area contributed by atoms with Crippen LogP contribution in [0.4, 0.5) is 0 Å². The zero-order chi connectivity index (χ0) is 42.2. The summed E-state index contributed by atoms with van der Waals surface area (Å²) in [6.45, 7) is 0. The molecule has 0 saturated heterocycles. The number of hydrogen-bond acceptors (Lipinski definition) is 4. The molecule has 10 rings (SSSR count). The van der Waals surface area contributed by atoms with E-state index in [0.29, 0.717) is 0 Å². The molecule has 0 atom stereocenters. The van der Waals surface area contributed by atoms with Crippen LogP contribution in [-0.4, -0.2) is 28.4 Å². The number of benzene rings is 10. The van der Waals surface area contributed by atoms with Gasteiger partial charge in [0.05, 0.1) is 28.4 Å². The first-order chi connectivity index (χ1) is 30.6. The van der Waals surface area contributed by atoms with Crippen molar-refractivity contribution in [1.29, 1.82) is 0 Å². The second kappa shape index (κ2) is 16.3. The SMILES string of the molecule is COc1ccc(C(c2ccc(OC)cc2)=c2c3ccccc3c(=c3c4ccccc4c(=C(c4ccc(OC)cc4)c4ccc(OC)cc4)c4ccccc34)c3ccccc23)cc1. The molecule has 0 saturated carbocycles. The van der Waals surface area contributed by atoms with Gasteiger partial charge >= 0.3 is 0 Å². The average Bonchev–Trinajstić information content (AvgIpc) is 3.35. The predicted molar refractivity (Wildman–Crippen MR) is 255 cm³/mol. The summed E-state index contributed by atoms with van der Waals surface area (Å²) in [7, 11) is 6.83. The number of hydrogen-bond donors (Lipinski definition) is 0. The zero-order valence-corrected chi connectivity index (χ0v) is 35.1. The molecule has 0 unspecified atom stereocenters. The van der Waals surface area contributed by atoms with Gasteiger partial charge in [0.15, 0.2) is 0 Å². The molecule has 4 heteroatoms. The van der Waals surface area contributed by atoms with Gasteiger partial charge in [-0.15, -0.1) is 0 Å². The summed E-state index contributed by atoms with van der Waals surface area (Å²) in [6, 6.07) is 69.3.